The molecular formula is C7H6KN5O4. The smallest absolute Gasteiger partial charge is 0.458 e. The van der Waals surface area contributed by atoms with Gasteiger partial charge in [0.15, 0.2) is 11.2 Å². The monoisotopic (exact) mass is 263 g/mol. The summed E-state index contributed by atoms with van der Waals surface area (Å²) in [5.41, 5.74) is -1.57. The maximum absolute atomic E-state index is 11.6. The van der Waals surface area contributed by atoms with Gasteiger partial charge in [-0.25, -0.2) is 9.78 Å². The second kappa shape index (κ2) is 4.82. The van der Waals surface area contributed by atoms with Crippen LogP contribution in [0.4, 0.5) is 5.95 Å². The first-order chi connectivity index (χ1) is 7.43. The maximum atomic E-state index is 11.6. The number of rotatable bonds is 1. The van der Waals surface area contributed by atoms with Crippen molar-refractivity contribution < 1.29 is 56.3 Å². The molecule has 0 aliphatic rings. The zero-order valence-electron chi connectivity index (χ0n) is 9.37. The third-order valence-corrected chi connectivity index (χ3v) is 2.19. The molecule has 2 aromatic heterocycles. The van der Waals surface area contributed by atoms with Gasteiger partial charge in [-0.2, -0.15) is 9.91 Å². The average molecular weight is 263 g/mol. The Balaban J connectivity index is 0.00000144. The van der Waals surface area contributed by atoms with E-state index in [1.54, 1.807) is 0 Å². The summed E-state index contributed by atoms with van der Waals surface area (Å²) in [6.07, 6.45) is 0. The SMILES string of the molecule is Cn1c(=O)c2[n-]c([N+](=O)[O-])nc2n(C)c1=O.[K+]. The van der Waals surface area contributed by atoms with Crippen molar-refractivity contribution in [1.82, 2.24) is 19.1 Å². The van der Waals surface area contributed by atoms with Gasteiger partial charge >= 0.3 is 57.1 Å². The molecular weight excluding hydrogens is 257 g/mol. The zero-order chi connectivity index (χ0) is 12.0. The quantitative estimate of drug-likeness (QED) is 0.291. The van der Waals surface area contributed by atoms with Gasteiger partial charge in [0.1, 0.15) is 0 Å². The predicted octanol–water partition coefficient (Wildman–Crippen LogP) is -4.50. The number of aromatic nitrogens is 4. The summed E-state index contributed by atoms with van der Waals surface area (Å²) in [7, 11) is 2.63. The molecule has 0 saturated heterocycles. The van der Waals surface area contributed by atoms with Crippen molar-refractivity contribution in [3.63, 3.8) is 0 Å². The van der Waals surface area contributed by atoms with Gasteiger partial charge in [-0.3, -0.25) is 13.9 Å². The normalized spacial score (nSPS) is 10.2. The molecule has 0 N–H and O–H groups in total. The Hall–Kier alpha value is -0.814. The van der Waals surface area contributed by atoms with Gasteiger partial charge < -0.3 is 10.1 Å². The van der Waals surface area contributed by atoms with Gasteiger partial charge in [-0.1, -0.05) is 0 Å². The molecule has 0 unspecified atom stereocenters. The Bertz CT molecular complexity index is 711. The molecule has 0 bridgehead atoms. The average Bonchev–Trinajstić information content (AvgIpc) is 2.68. The Morgan fingerprint density at radius 1 is 1.29 bits per heavy atom. The van der Waals surface area contributed by atoms with E-state index in [2.05, 4.69) is 9.97 Å². The molecule has 0 aromatic carbocycles. The van der Waals surface area contributed by atoms with Crippen LogP contribution in [0.5, 0.6) is 0 Å². The van der Waals surface area contributed by atoms with Crippen LogP contribution < -0.4 is 67.6 Å². The fourth-order valence-electron chi connectivity index (χ4n) is 1.34. The van der Waals surface area contributed by atoms with Crippen LogP contribution in [0, 0.1) is 10.1 Å². The number of imidazole rings is 1. The van der Waals surface area contributed by atoms with Crippen LogP contribution in [0.2, 0.25) is 0 Å². The van der Waals surface area contributed by atoms with E-state index < -0.39 is 22.1 Å². The van der Waals surface area contributed by atoms with E-state index in [9.17, 15) is 19.7 Å². The van der Waals surface area contributed by atoms with Gasteiger partial charge in [-0.15, -0.1) is 0 Å². The van der Waals surface area contributed by atoms with E-state index >= 15 is 0 Å². The van der Waals surface area contributed by atoms with E-state index in [4.69, 9.17) is 0 Å². The standard InChI is InChI=1S/C7H7N5O4.K/c1-10-4-3(5(13)11(2)7(10)14)8-6(9-4)12(15)16;/h1-2H3,(H,8,9,13);/q;+1/p-1. The van der Waals surface area contributed by atoms with Gasteiger partial charge in [0.05, 0.1) is 0 Å². The van der Waals surface area contributed by atoms with Crippen LogP contribution in [0.1, 0.15) is 0 Å². The van der Waals surface area contributed by atoms with Crippen molar-refractivity contribution in [1.29, 1.82) is 0 Å². The first kappa shape index (κ1) is 14.2. The Kier molecular flexibility index (Phi) is 4.04. The summed E-state index contributed by atoms with van der Waals surface area (Å²) in [5, 5.41) is 10.4. The second-order valence-electron chi connectivity index (χ2n) is 3.16. The van der Waals surface area contributed by atoms with Crippen LogP contribution in [0.15, 0.2) is 9.59 Å². The predicted molar refractivity (Wildman–Crippen MR) is 52.2 cm³/mol. The Labute approximate surface area is 136 Å². The van der Waals surface area contributed by atoms with Crippen LogP contribution in [-0.4, -0.2) is 19.0 Å². The molecule has 17 heavy (non-hydrogen) atoms. The molecule has 84 valence electrons. The minimum Gasteiger partial charge on any atom is -0.458 e. The third kappa shape index (κ3) is 2.13. The Morgan fingerprint density at radius 3 is 2.41 bits per heavy atom. The van der Waals surface area contributed by atoms with E-state index in [1.165, 1.54) is 14.1 Å². The summed E-state index contributed by atoms with van der Waals surface area (Å²) in [4.78, 5) is 39.6. The van der Waals surface area contributed by atoms with Gasteiger partial charge in [-0.05, 0) is 0 Å². The minimum atomic E-state index is -0.816. The topological polar surface area (TPSA) is 114 Å². The molecule has 0 amide bonds. The molecule has 0 spiro atoms. The van der Waals surface area contributed by atoms with Crippen molar-refractivity contribution in [2.75, 3.05) is 0 Å². The van der Waals surface area contributed by atoms with E-state index in [1.807, 2.05) is 0 Å². The Morgan fingerprint density at radius 2 is 1.88 bits per heavy atom. The van der Waals surface area contributed by atoms with Crippen LogP contribution in [-0.2, 0) is 14.1 Å². The molecule has 0 aliphatic carbocycles. The van der Waals surface area contributed by atoms with Crippen molar-refractivity contribution in [3.8, 4) is 0 Å². The first-order valence-electron chi connectivity index (χ1n) is 4.18. The minimum absolute atomic E-state index is 0. The van der Waals surface area contributed by atoms with Crippen LogP contribution in [0.25, 0.3) is 11.2 Å². The fraction of sp³-hybridized carbons (Fsp3) is 0.286. The maximum Gasteiger partial charge on any atom is 1.00 e. The fourth-order valence-corrected chi connectivity index (χ4v) is 1.34. The van der Waals surface area contributed by atoms with Crippen molar-refractivity contribution in [2.45, 2.75) is 0 Å². The van der Waals surface area contributed by atoms with Crippen LogP contribution in [0.3, 0.4) is 0 Å². The molecule has 10 heteroatoms. The summed E-state index contributed by atoms with van der Waals surface area (Å²) in [6.45, 7) is 0. The number of fused-ring (bicyclic) bond motifs is 1. The van der Waals surface area contributed by atoms with E-state index in [0.717, 1.165) is 9.13 Å². The third-order valence-electron chi connectivity index (χ3n) is 2.19. The summed E-state index contributed by atoms with van der Waals surface area (Å²) in [6, 6.07) is 0. The first-order valence-corrected chi connectivity index (χ1v) is 4.18. The molecule has 0 radical (unpaired) electrons. The summed E-state index contributed by atoms with van der Waals surface area (Å²) in [5.74, 6) is -0.687. The summed E-state index contributed by atoms with van der Waals surface area (Å²) >= 11 is 0. The molecule has 9 nitrogen and oxygen atoms in total. The van der Waals surface area contributed by atoms with E-state index in [-0.39, 0.29) is 62.5 Å². The van der Waals surface area contributed by atoms with Crippen molar-refractivity contribution in [2.24, 2.45) is 14.1 Å². The molecule has 0 atom stereocenters. The molecule has 2 rings (SSSR count). The number of nitrogens with zero attached hydrogens (tertiary/aromatic N) is 5. The molecule has 2 aromatic rings. The van der Waals surface area contributed by atoms with Crippen molar-refractivity contribution in [3.05, 3.63) is 31.0 Å². The second-order valence-corrected chi connectivity index (χ2v) is 3.16. The van der Waals surface area contributed by atoms with Gasteiger partial charge in [0, 0.05) is 14.1 Å². The van der Waals surface area contributed by atoms with E-state index in [0.29, 0.717) is 0 Å². The molecule has 0 saturated carbocycles. The molecule has 0 aliphatic heterocycles. The summed E-state index contributed by atoms with van der Waals surface area (Å²) < 4.78 is 1.86. The van der Waals surface area contributed by atoms with Gasteiger partial charge in [0.25, 0.3) is 11.5 Å². The zero-order valence-corrected chi connectivity index (χ0v) is 12.5. The van der Waals surface area contributed by atoms with Gasteiger partial charge in [0.2, 0.25) is 0 Å². The molecule has 0 fully saturated rings. The van der Waals surface area contributed by atoms with Crippen molar-refractivity contribution >= 4 is 17.1 Å². The van der Waals surface area contributed by atoms with Crippen LogP contribution >= 0.6 is 0 Å². The largest absolute Gasteiger partial charge is 1.00 e. The number of hydrogen-bond acceptors (Lipinski definition) is 5. The number of aryl methyl sites for hydroxylation is 1. The number of hydrogen-bond donors (Lipinski definition) is 0. The molecule has 2 heterocycles. The number of nitro groups is 1.